The summed E-state index contributed by atoms with van der Waals surface area (Å²) in [6.45, 7) is 2.53. The van der Waals surface area contributed by atoms with Crippen LogP contribution in [0.25, 0.3) is 0 Å². The van der Waals surface area contributed by atoms with E-state index in [1.54, 1.807) is 0 Å². The molecule has 1 unspecified atom stereocenters. The third kappa shape index (κ3) is 2.52. The van der Waals surface area contributed by atoms with E-state index < -0.39 is 12.0 Å². The van der Waals surface area contributed by atoms with Crippen molar-refractivity contribution in [3.8, 4) is 0 Å². The Hall–Kier alpha value is -0.390. The van der Waals surface area contributed by atoms with Gasteiger partial charge in [-0.25, -0.2) is 0 Å². The lowest BCUT2D eigenvalue weighted by atomic mass is 10.2. The second kappa shape index (κ2) is 4.74. The molecule has 13 heavy (non-hydrogen) atoms. The van der Waals surface area contributed by atoms with Gasteiger partial charge in [0.05, 0.1) is 0 Å². The summed E-state index contributed by atoms with van der Waals surface area (Å²) in [7, 11) is 0. The van der Waals surface area contributed by atoms with Crippen LogP contribution < -0.4 is 5.32 Å². The highest BCUT2D eigenvalue weighted by atomic mass is 79.9. The summed E-state index contributed by atoms with van der Waals surface area (Å²) in [6, 6.07) is 1.26. The van der Waals surface area contributed by atoms with Gasteiger partial charge >= 0.3 is 5.97 Å². The lowest BCUT2D eigenvalue weighted by Crippen LogP contribution is -2.27. The van der Waals surface area contributed by atoms with Crippen molar-refractivity contribution < 1.29 is 9.90 Å². The highest BCUT2D eigenvalue weighted by molar-refractivity contribution is 9.10. The van der Waals surface area contributed by atoms with E-state index in [9.17, 15) is 4.79 Å². The van der Waals surface area contributed by atoms with Crippen molar-refractivity contribution in [1.29, 1.82) is 0 Å². The minimum atomic E-state index is -0.843. The van der Waals surface area contributed by atoms with E-state index in [2.05, 4.69) is 21.2 Å². The number of hydrogen-bond donors (Lipinski definition) is 2. The van der Waals surface area contributed by atoms with Gasteiger partial charge in [-0.05, 0) is 33.9 Å². The maximum atomic E-state index is 10.9. The van der Waals surface area contributed by atoms with E-state index in [0.29, 0.717) is 6.54 Å². The number of aliphatic carboxylic acids is 1. The molecule has 1 rings (SSSR count). The number of carbonyl (C=O) groups is 1. The van der Waals surface area contributed by atoms with Crippen molar-refractivity contribution in [2.45, 2.75) is 13.0 Å². The molecule has 1 aromatic rings. The van der Waals surface area contributed by atoms with Gasteiger partial charge in [-0.2, -0.15) is 0 Å². The van der Waals surface area contributed by atoms with Crippen molar-refractivity contribution >= 4 is 33.2 Å². The minimum absolute atomic E-state index is 0.598. The van der Waals surface area contributed by atoms with Gasteiger partial charge in [0, 0.05) is 9.35 Å². The zero-order valence-corrected chi connectivity index (χ0v) is 9.48. The van der Waals surface area contributed by atoms with Crippen molar-refractivity contribution in [1.82, 2.24) is 5.32 Å². The molecule has 1 aromatic heterocycles. The summed E-state index contributed by atoms with van der Waals surface area (Å²) in [4.78, 5) is 11.7. The molecule has 0 amide bonds. The van der Waals surface area contributed by atoms with Gasteiger partial charge in [0.2, 0.25) is 0 Å². The monoisotopic (exact) mass is 263 g/mol. The maximum Gasteiger partial charge on any atom is 0.326 e. The Morgan fingerprint density at radius 3 is 2.92 bits per heavy atom. The molecule has 0 saturated carbocycles. The predicted octanol–water partition coefficient (Wildman–Crippen LogP) is 2.25. The first-order valence-electron chi connectivity index (χ1n) is 3.86. The molecule has 0 bridgehead atoms. The van der Waals surface area contributed by atoms with Crippen molar-refractivity contribution in [3.63, 3.8) is 0 Å². The van der Waals surface area contributed by atoms with Crippen LogP contribution in [0.2, 0.25) is 0 Å². The minimum Gasteiger partial charge on any atom is -0.480 e. The highest BCUT2D eigenvalue weighted by Gasteiger charge is 2.21. The first kappa shape index (κ1) is 10.7. The number of halogens is 1. The van der Waals surface area contributed by atoms with E-state index in [-0.39, 0.29) is 0 Å². The molecule has 72 valence electrons. The van der Waals surface area contributed by atoms with Gasteiger partial charge < -0.3 is 10.4 Å². The quantitative estimate of drug-likeness (QED) is 0.876. The fraction of sp³-hybridized carbons (Fsp3) is 0.375. The lowest BCUT2D eigenvalue weighted by molar-refractivity contribution is -0.139. The Balaban J connectivity index is 2.88. The van der Waals surface area contributed by atoms with Crippen LogP contribution in [0.3, 0.4) is 0 Å². The number of rotatable bonds is 4. The molecule has 0 aliphatic rings. The van der Waals surface area contributed by atoms with Crippen LogP contribution in [-0.2, 0) is 4.79 Å². The molecule has 0 spiro atoms. The third-order valence-electron chi connectivity index (χ3n) is 1.56. The molecule has 1 atom stereocenters. The van der Waals surface area contributed by atoms with Crippen LogP contribution in [0.15, 0.2) is 15.9 Å². The second-order valence-electron chi connectivity index (χ2n) is 2.46. The van der Waals surface area contributed by atoms with Gasteiger partial charge in [0.25, 0.3) is 0 Å². The van der Waals surface area contributed by atoms with E-state index >= 15 is 0 Å². The SMILES string of the molecule is CCNC(C(=O)O)c1sccc1Br. The normalized spacial score (nSPS) is 12.8. The zero-order chi connectivity index (χ0) is 9.84. The smallest absolute Gasteiger partial charge is 0.326 e. The van der Waals surface area contributed by atoms with Crippen LogP contribution in [0.5, 0.6) is 0 Å². The molecule has 0 saturated heterocycles. The number of carboxylic acids is 1. The molecular formula is C8H10BrNO2S. The number of likely N-dealkylation sites (N-methyl/N-ethyl adjacent to an activating group) is 1. The van der Waals surface area contributed by atoms with Gasteiger partial charge in [-0.15, -0.1) is 11.3 Å². The Morgan fingerprint density at radius 1 is 1.85 bits per heavy atom. The molecule has 0 aliphatic carbocycles. The first-order chi connectivity index (χ1) is 6.16. The predicted molar refractivity (Wildman–Crippen MR) is 56.1 cm³/mol. The van der Waals surface area contributed by atoms with Crippen molar-refractivity contribution in [2.75, 3.05) is 6.54 Å². The number of carboxylic acid groups (broad SMARTS) is 1. The molecule has 3 nitrogen and oxygen atoms in total. The zero-order valence-electron chi connectivity index (χ0n) is 7.08. The van der Waals surface area contributed by atoms with Gasteiger partial charge in [0.1, 0.15) is 6.04 Å². The molecule has 1 heterocycles. The molecular weight excluding hydrogens is 254 g/mol. The van der Waals surface area contributed by atoms with E-state index in [0.717, 1.165) is 9.35 Å². The van der Waals surface area contributed by atoms with Crippen LogP contribution >= 0.6 is 27.3 Å². The standard InChI is InChI=1S/C8H10BrNO2S/c1-2-10-6(8(11)12)7-5(9)3-4-13-7/h3-4,6,10H,2H2,1H3,(H,11,12). The van der Waals surface area contributed by atoms with E-state index in [4.69, 9.17) is 5.11 Å². The molecule has 5 heteroatoms. The molecule has 0 aliphatic heterocycles. The largest absolute Gasteiger partial charge is 0.480 e. The van der Waals surface area contributed by atoms with Gasteiger partial charge in [0.15, 0.2) is 0 Å². The summed E-state index contributed by atoms with van der Waals surface area (Å²) in [5.41, 5.74) is 0. The van der Waals surface area contributed by atoms with Gasteiger partial charge in [-0.1, -0.05) is 6.92 Å². The highest BCUT2D eigenvalue weighted by Crippen LogP contribution is 2.28. The summed E-state index contributed by atoms with van der Waals surface area (Å²) in [6.07, 6.45) is 0. The molecule has 2 N–H and O–H groups in total. The van der Waals surface area contributed by atoms with Crippen LogP contribution in [0, 0.1) is 0 Å². The summed E-state index contributed by atoms with van der Waals surface area (Å²) in [5.74, 6) is -0.843. The second-order valence-corrected chi connectivity index (χ2v) is 4.26. The Labute approximate surface area is 88.9 Å². The fourth-order valence-corrected chi connectivity index (χ4v) is 2.68. The molecule has 0 aromatic carbocycles. The van der Waals surface area contributed by atoms with Crippen LogP contribution in [-0.4, -0.2) is 17.6 Å². The number of nitrogens with one attached hydrogen (secondary N) is 1. The van der Waals surface area contributed by atoms with Crippen LogP contribution in [0.1, 0.15) is 17.8 Å². The topological polar surface area (TPSA) is 49.3 Å². The van der Waals surface area contributed by atoms with Gasteiger partial charge in [-0.3, -0.25) is 4.79 Å². The fourth-order valence-electron chi connectivity index (χ4n) is 1.01. The maximum absolute atomic E-state index is 10.9. The number of hydrogen-bond acceptors (Lipinski definition) is 3. The Bertz CT molecular complexity index is 300. The summed E-state index contributed by atoms with van der Waals surface area (Å²) in [5, 5.41) is 13.7. The average molecular weight is 264 g/mol. The summed E-state index contributed by atoms with van der Waals surface area (Å²) >= 11 is 4.75. The van der Waals surface area contributed by atoms with Crippen molar-refractivity contribution in [2.24, 2.45) is 0 Å². The lowest BCUT2D eigenvalue weighted by Gasteiger charge is -2.11. The molecule has 0 fully saturated rings. The first-order valence-corrected chi connectivity index (χ1v) is 5.53. The summed E-state index contributed by atoms with van der Waals surface area (Å²) < 4.78 is 0.853. The Kier molecular flexibility index (Phi) is 3.90. The van der Waals surface area contributed by atoms with E-state index in [1.807, 2.05) is 18.4 Å². The van der Waals surface area contributed by atoms with E-state index in [1.165, 1.54) is 11.3 Å². The average Bonchev–Trinajstić information content (AvgIpc) is 2.47. The number of thiophene rings is 1. The van der Waals surface area contributed by atoms with Crippen molar-refractivity contribution in [3.05, 3.63) is 20.8 Å². The Morgan fingerprint density at radius 2 is 2.54 bits per heavy atom. The van der Waals surface area contributed by atoms with Crippen LogP contribution in [0.4, 0.5) is 0 Å². The molecule has 0 radical (unpaired) electrons. The third-order valence-corrected chi connectivity index (χ3v) is 3.50.